The van der Waals surface area contributed by atoms with Crippen LogP contribution in [0.4, 0.5) is 0 Å². The van der Waals surface area contributed by atoms with Crippen molar-refractivity contribution >= 4 is 0 Å². The minimum Gasteiger partial charge on any atom is -0.325 e. The summed E-state index contributed by atoms with van der Waals surface area (Å²) >= 11 is 0. The molecule has 0 saturated heterocycles. The highest BCUT2D eigenvalue weighted by atomic mass is 14.7. The molecule has 14 heavy (non-hydrogen) atoms. The van der Waals surface area contributed by atoms with Crippen molar-refractivity contribution in [2.75, 3.05) is 0 Å². The Morgan fingerprint density at radius 2 is 1.64 bits per heavy atom. The Morgan fingerprint density at radius 1 is 1.07 bits per heavy atom. The van der Waals surface area contributed by atoms with E-state index in [-0.39, 0.29) is 5.54 Å². The standard InChI is InChI=1S/C13H25N/c1-11-6-8-13(14,9-7-11)10-12-4-2-3-5-12/h11-12H,2-10,14H2,1H3. The Labute approximate surface area is 88.4 Å². The van der Waals surface area contributed by atoms with Crippen molar-refractivity contribution in [1.29, 1.82) is 0 Å². The van der Waals surface area contributed by atoms with Crippen molar-refractivity contribution in [2.24, 2.45) is 17.6 Å². The predicted molar refractivity (Wildman–Crippen MR) is 61.1 cm³/mol. The number of hydrogen-bond acceptors (Lipinski definition) is 1. The second-order valence-electron chi connectivity index (χ2n) is 5.90. The lowest BCUT2D eigenvalue weighted by Gasteiger charge is -2.38. The summed E-state index contributed by atoms with van der Waals surface area (Å²) in [6, 6.07) is 0. The van der Waals surface area contributed by atoms with Gasteiger partial charge in [0.15, 0.2) is 0 Å². The largest absolute Gasteiger partial charge is 0.325 e. The molecule has 2 rings (SSSR count). The SMILES string of the molecule is CC1CCC(N)(CC2CCCC2)CC1. The molecule has 1 nitrogen and oxygen atoms in total. The molecular weight excluding hydrogens is 170 g/mol. The first-order chi connectivity index (χ1) is 6.68. The fraction of sp³-hybridized carbons (Fsp3) is 1.00. The van der Waals surface area contributed by atoms with Gasteiger partial charge in [-0.2, -0.15) is 0 Å². The first kappa shape index (κ1) is 10.5. The Hall–Kier alpha value is -0.0400. The third-order valence-electron chi connectivity index (χ3n) is 4.44. The zero-order chi connectivity index (χ0) is 10.0. The smallest absolute Gasteiger partial charge is 0.0157 e. The fourth-order valence-corrected chi connectivity index (χ4v) is 3.33. The van der Waals surface area contributed by atoms with E-state index >= 15 is 0 Å². The van der Waals surface area contributed by atoms with Crippen LogP contribution in [0.5, 0.6) is 0 Å². The summed E-state index contributed by atoms with van der Waals surface area (Å²) in [5.41, 5.74) is 6.72. The van der Waals surface area contributed by atoms with Gasteiger partial charge in [0.1, 0.15) is 0 Å². The van der Waals surface area contributed by atoms with Gasteiger partial charge in [0.25, 0.3) is 0 Å². The molecule has 2 fully saturated rings. The van der Waals surface area contributed by atoms with Crippen LogP contribution in [0.2, 0.25) is 0 Å². The highest BCUT2D eigenvalue weighted by molar-refractivity contribution is 4.91. The molecule has 0 aromatic rings. The molecular formula is C13H25N. The molecule has 0 spiro atoms. The average molecular weight is 195 g/mol. The summed E-state index contributed by atoms with van der Waals surface area (Å²) in [5.74, 6) is 1.89. The van der Waals surface area contributed by atoms with E-state index in [0.717, 1.165) is 11.8 Å². The molecule has 82 valence electrons. The minimum atomic E-state index is 0.224. The van der Waals surface area contributed by atoms with Gasteiger partial charge in [0, 0.05) is 5.54 Å². The van der Waals surface area contributed by atoms with Gasteiger partial charge in [-0.3, -0.25) is 0 Å². The van der Waals surface area contributed by atoms with Gasteiger partial charge in [-0.15, -0.1) is 0 Å². The molecule has 0 radical (unpaired) electrons. The van der Waals surface area contributed by atoms with Crippen LogP contribution in [-0.4, -0.2) is 5.54 Å². The Kier molecular flexibility index (Phi) is 3.16. The monoisotopic (exact) mass is 195 g/mol. The van der Waals surface area contributed by atoms with E-state index in [1.54, 1.807) is 0 Å². The van der Waals surface area contributed by atoms with Crippen molar-refractivity contribution in [3.63, 3.8) is 0 Å². The second-order valence-corrected chi connectivity index (χ2v) is 5.90. The lowest BCUT2D eigenvalue weighted by Crippen LogP contribution is -2.44. The maximum atomic E-state index is 6.50. The first-order valence-corrected chi connectivity index (χ1v) is 6.47. The van der Waals surface area contributed by atoms with E-state index in [0.29, 0.717) is 0 Å². The van der Waals surface area contributed by atoms with Crippen molar-refractivity contribution < 1.29 is 0 Å². The lowest BCUT2D eigenvalue weighted by atomic mass is 9.73. The molecule has 0 aliphatic heterocycles. The molecule has 2 N–H and O–H groups in total. The summed E-state index contributed by atoms with van der Waals surface area (Å²) < 4.78 is 0. The summed E-state index contributed by atoms with van der Waals surface area (Å²) in [6.07, 6.45) is 12.4. The molecule has 2 saturated carbocycles. The van der Waals surface area contributed by atoms with Gasteiger partial charge in [-0.05, 0) is 43.9 Å². The lowest BCUT2D eigenvalue weighted by molar-refractivity contribution is 0.204. The number of hydrogen-bond donors (Lipinski definition) is 1. The van der Waals surface area contributed by atoms with Gasteiger partial charge in [0.2, 0.25) is 0 Å². The zero-order valence-electron chi connectivity index (χ0n) is 9.60. The molecule has 2 aliphatic carbocycles. The fourth-order valence-electron chi connectivity index (χ4n) is 3.33. The maximum absolute atomic E-state index is 6.50. The quantitative estimate of drug-likeness (QED) is 0.717. The molecule has 2 aliphatic rings. The summed E-state index contributed by atoms with van der Waals surface area (Å²) in [5, 5.41) is 0. The molecule has 0 atom stereocenters. The summed E-state index contributed by atoms with van der Waals surface area (Å²) in [4.78, 5) is 0. The molecule has 0 aromatic carbocycles. The first-order valence-electron chi connectivity index (χ1n) is 6.47. The van der Waals surface area contributed by atoms with E-state index in [2.05, 4.69) is 6.92 Å². The van der Waals surface area contributed by atoms with Gasteiger partial charge in [-0.25, -0.2) is 0 Å². The Morgan fingerprint density at radius 3 is 2.21 bits per heavy atom. The molecule has 0 aromatic heterocycles. The normalized spacial score (nSPS) is 40.3. The highest BCUT2D eigenvalue weighted by Gasteiger charge is 2.33. The molecule has 0 heterocycles. The topological polar surface area (TPSA) is 26.0 Å². The van der Waals surface area contributed by atoms with Crippen molar-refractivity contribution in [1.82, 2.24) is 0 Å². The van der Waals surface area contributed by atoms with E-state index in [9.17, 15) is 0 Å². The third kappa shape index (κ3) is 2.50. The van der Waals surface area contributed by atoms with Crippen LogP contribution >= 0.6 is 0 Å². The van der Waals surface area contributed by atoms with E-state index in [4.69, 9.17) is 5.73 Å². The van der Waals surface area contributed by atoms with Crippen LogP contribution in [-0.2, 0) is 0 Å². The molecule has 0 unspecified atom stereocenters. The summed E-state index contributed by atoms with van der Waals surface area (Å²) in [7, 11) is 0. The maximum Gasteiger partial charge on any atom is 0.0157 e. The number of rotatable bonds is 2. The van der Waals surface area contributed by atoms with E-state index in [1.807, 2.05) is 0 Å². The van der Waals surface area contributed by atoms with Crippen LogP contribution in [0, 0.1) is 11.8 Å². The van der Waals surface area contributed by atoms with Gasteiger partial charge in [-0.1, -0.05) is 32.6 Å². The minimum absolute atomic E-state index is 0.224. The number of nitrogens with two attached hydrogens (primary N) is 1. The molecule has 0 bridgehead atoms. The summed E-state index contributed by atoms with van der Waals surface area (Å²) in [6.45, 7) is 2.37. The van der Waals surface area contributed by atoms with Gasteiger partial charge < -0.3 is 5.73 Å². The van der Waals surface area contributed by atoms with Crippen LogP contribution < -0.4 is 5.73 Å². The van der Waals surface area contributed by atoms with Gasteiger partial charge >= 0.3 is 0 Å². The predicted octanol–water partition coefficient (Wildman–Crippen LogP) is 3.47. The van der Waals surface area contributed by atoms with Crippen LogP contribution in [0.1, 0.15) is 64.7 Å². The van der Waals surface area contributed by atoms with E-state index < -0.39 is 0 Å². The Bertz CT molecular complexity index is 174. The van der Waals surface area contributed by atoms with Crippen LogP contribution in [0.3, 0.4) is 0 Å². The van der Waals surface area contributed by atoms with E-state index in [1.165, 1.54) is 57.8 Å². The van der Waals surface area contributed by atoms with Crippen molar-refractivity contribution in [2.45, 2.75) is 70.3 Å². The molecule has 0 amide bonds. The van der Waals surface area contributed by atoms with Crippen LogP contribution in [0.15, 0.2) is 0 Å². The van der Waals surface area contributed by atoms with Gasteiger partial charge in [0.05, 0.1) is 0 Å². The third-order valence-corrected chi connectivity index (χ3v) is 4.44. The van der Waals surface area contributed by atoms with Crippen LogP contribution in [0.25, 0.3) is 0 Å². The second kappa shape index (κ2) is 4.22. The zero-order valence-corrected chi connectivity index (χ0v) is 9.60. The van der Waals surface area contributed by atoms with Crippen molar-refractivity contribution in [3.05, 3.63) is 0 Å². The Balaban J connectivity index is 1.82. The van der Waals surface area contributed by atoms with Crippen molar-refractivity contribution in [3.8, 4) is 0 Å². The molecule has 1 heteroatoms. The average Bonchev–Trinajstić information content (AvgIpc) is 2.63. The highest BCUT2D eigenvalue weighted by Crippen LogP contribution is 2.38.